The molecule has 0 spiro atoms. The summed E-state index contributed by atoms with van der Waals surface area (Å²) in [4.78, 5) is 10.9. The minimum Gasteiger partial charge on any atom is -0.485 e. The predicted molar refractivity (Wildman–Crippen MR) is 130 cm³/mol. The van der Waals surface area contributed by atoms with Gasteiger partial charge in [-0.05, 0) is 55.3 Å². The standard InChI is InChI=1S/C22H27FN4O7S2/c1-26(17-4-2-3-5-17)36(32,33)24-13-18-14-27(35(30,31)19-9-6-15(23)7-10-19)20-12-16(25-22(28)29)8-11-21(20)34-18/h6-12,17-18,24-25H,2-5,13-14H2,1H3,(H,28,29). The Labute approximate surface area is 209 Å². The number of fused-ring (bicyclic) bond motifs is 1. The van der Waals surface area contributed by atoms with Crippen LogP contribution in [0.1, 0.15) is 25.7 Å². The number of hydrogen-bond donors (Lipinski definition) is 3. The molecule has 1 unspecified atom stereocenters. The zero-order valence-corrected chi connectivity index (χ0v) is 21.1. The third kappa shape index (κ3) is 5.56. The van der Waals surface area contributed by atoms with E-state index < -0.39 is 38.2 Å². The van der Waals surface area contributed by atoms with E-state index in [0.717, 1.165) is 54.3 Å². The Morgan fingerprint density at radius 2 is 1.81 bits per heavy atom. The number of halogens is 1. The average Bonchev–Trinajstić information content (AvgIpc) is 3.36. The van der Waals surface area contributed by atoms with E-state index in [-0.39, 0.29) is 41.2 Å². The zero-order chi connectivity index (χ0) is 26.1. The maximum atomic E-state index is 13.5. The quantitative estimate of drug-likeness (QED) is 0.465. The van der Waals surface area contributed by atoms with Crippen LogP contribution in [0.2, 0.25) is 0 Å². The lowest BCUT2D eigenvalue weighted by molar-refractivity contribution is 0.202. The van der Waals surface area contributed by atoms with Gasteiger partial charge >= 0.3 is 6.09 Å². The van der Waals surface area contributed by atoms with Crippen LogP contribution in [0.3, 0.4) is 0 Å². The molecule has 1 aliphatic carbocycles. The van der Waals surface area contributed by atoms with Crippen LogP contribution in [0.25, 0.3) is 0 Å². The summed E-state index contributed by atoms with van der Waals surface area (Å²) in [6.45, 7) is -0.470. The van der Waals surface area contributed by atoms with Gasteiger partial charge in [-0.3, -0.25) is 9.62 Å². The van der Waals surface area contributed by atoms with E-state index >= 15 is 0 Å². The molecule has 1 fully saturated rings. The molecule has 11 nitrogen and oxygen atoms in total. The molecule has 1 amide bonds. The molecule has 14 heteroatoms. The SMILES string of the molecule is CN(C1CCCC1)S(=O)(=O)NCC1CN(S(=O)(=O)c2ccc(F)cc2)c2cc(NC(=O)O)ccc2O1. The number of carboxylic acid groups (broad SMARTS) is 1. The second kappa shape index (κ2) is 10.2. The van der Waals surface area contributed by atoms with Crippen molar-refractivity contribution in [3.8, 4) is 5.75 Å². The molecular formula is C22H27FN4O7S2. The molecule has 0 aromatic heterocycles. The fourth-order valence-electron chi connectivity index (χ4n) is 4.35. The van der Waals surface area contributed by atoms with Gasteiger partial charge < -0.3 is 9.84 Å². The molecule has 1 atom stereocenters. The Morgan fingerprint density at radius 1 is 1.14 bits per heavy atom. The van der Waals surface area contributed by atoms with Gasteiger partial charge in [-0.1, -0.05) is 12.8 Å². The van der Waals surface area contributed by atoms with Crippen LogP contribution in [0, 0.1) is 5.82 Å². The van der Waals surface area contributed by atoms with Crippen molar-refractivity contribution >= 4 is 37.7 Å². The lowest BCUT2D eigenvalue weighted by Gasteiger charge is -2.36. The molecule has 196 valence electrons. The van der Waals surface area contributed by atoms with Gasteiger partial charge in [0.25, 0.3) is 20.2 Å². The predicted octanol–water partition coefficient (Wildman–Crippen LogP) is 2.58. The van der Waals surface area contributed by atoms with Crippen molar-refractivity contribution in [2.75, 3.05) is 29.8 Å². The number of benzene rings is 2. The van der Waals surface area contributed by atoms with Crippen molar-refractivity contribution in [1.82, 2.24) is 9.03 Å². The molecule has 1 aliphatic heterocycles. The van der Waals surface area contributed by atoms with E-state index in [1.807, 2.05) is 0 Å². The molecule has 0 saturated heterocycles. The van der Waals surface area contributed by atoms with Crippen molar-refractivity contribution < 1.29 is 35.9 Å². The lowest BCUT2D eigenvalue weighted by Crippen LogP contribution is -2.51. The van der Waals surface area contributed by atoms with Gasteiger partial charge in [0.15, 0.2) is 0 Å². The lowest BCUT2D eigenvalue weighted by atomic mass is 10.2. The third-order valence-electron chi connectivity index (χ3n) is 6.26. The first-order valence-electron chi connectivity index (χ1n) is 11.3. The molecule has 0 radical (unpaired) electrons. The highest BCUT2D eigenvalue weighted by Gasteiger charge is 2.36. The first-order valence-corrected chi connectivity index (χ1v) is 14.2. The van der Waals surface area contributed by atoms with Crippen LogP contribution >= 0.6 is 0 Å². The molecule has 36 heavy (non-hydrogen) atoms. The number of rotatable bonds is 8. The van der Waals surface area contributed by atoms with Gasteiger partial charge in [0.2, 0.25) is 0 Å². The monoisotopic (exact) mass is 542 g/mol. The molecule has 2 aromatic carbocycles. The Hall–Kier alpha value is -2.94. The average molecular weight is 543 g/mol. The second-order valence-corrected chi connectivity index (χ2v) is 12.3. The largest absolute Gasteiger partial charge is 0.485 e. The summed E-state index contributed by atoms with van der Waals surface area (Å²) in [5, 5.41) is 11.2. The van der Waals surface area contributed by atoms with Gasteiger partial charge in [-0.2, -0.15) is 17.4 Å². The van der Waals surface area contributed by atoms with E-state index in [4.69, 9.17) is 9.84 Å². The summed E-state index contributed by atoms with van der Waals surface area (Å²) in [5.41, 5.74) is 0.175. The highest BCUT2D eigenvalue weighted by molar-refractivity contribution is 7.92. The number of nitrogens with one attached hydrogen (secondary N) is 2. The first kappa shape index (κ1) is 26.1. The summed E-state index contributed by atoms with van der Waals surface area (Å²) in [6, 6.07) is 8.28. The van der Waals surface area contributed by atoms with Crippen molar-refractivity contribution in [3.63, 3.8) is 0 Å². The van der Waals surface area contributed by atoms with Gasteiger partial charge in [0, 0.05) is 18.8 Å². The molecule has 2 aromatic rings. The Balaban J connectivity index is 1.62. The summed E-state index contributed by atoms with van der Waals surface area (Å²) < 4.78 is 76.7. The molecule has 1 saturated carbocycles. The first-order chi connectivity index (χ1) is 17.0. The van der Waals surface area contributed by atoms with E-state index in [1.165, 1.54) is 29.6 Å². The van der Waals surface area contributed by atoms with Gasteiger partial charge in [0.1, 0.15) is 17.7 Å². The van der Waals surface area contributed by atoms with Crippen LogP contribution in [0.4, 0.5) is 20.6 Å². The number of amides is 1. The van der Waals surface area contributed by atoms with Crippen LogP contribution in [0.5, 0.6) is 5.75 Å². The van der Waals surface area contributed by atoms with Crippen LogP contribution in [0.15, 0.2) is 47.4 Å². The Bertz CT molecular complexity index is 1330. The molecule has 4 rings (SSSR count). The molecule has 3 N–H and O–H groups in total. The summed E-state index contributed by atoms with van der Waals surface area (Å²) in [7, 11) is -6.55. The Kier molecular flexibility index (Phi) is 7.41. The van der Waals surface area contributed by atoms with Crippen molar-refractivity contribution in [2.45, 2.75) is 42.7 Å². The number of nitrogens with zero attached hydrogens (tertiary/aromatic N) is 2. The van der Waals surface area contributed by atoms with Gasteiger partial charge in [0.05, 0.1) is 23.7 Å². The van der Waals surface area contributed by atoms with E-state index in [0.29, 0.717) is 0 Å². The topological polar surface area (TPSA) is 145 Å². The minimum atomic E-state index is -4.23. The number of ether oxygens (including phenoxy) is 1. The highest BCUT2D eigenvalue weighted by atomic mass is 32.2. The fourth-order valence-corrected chi connectivity index (χ4v) is 7.05. The number of carbonyl (C=O) groups is 1. The highest BCUT2D eigenvalue weighted by Crippen LogP contribution is 2.39. The second-order valence-electron chi connectivity index (χ2n) is 8.65. The van der Waals surface area contributed by atoms with Crippen molar-refractivity contribution in [3.05, 3.63) is 48.3 Å². The number of anilines is 2. The molecular weight excluding hydrogens is 515 g/mol. The number of sulfonamides is 1. The van der Waals surface area contributed by atoms with Crippen molar-refractivity contribution in [1.29, 1.82) is 0 Å². The zero-order valence-electron chi connectivity index (χ0n) is 19.4. The number of hydrogen-bond acceptors (Lipinski definition) is 6. The molecule has 0 bridgehead atoms. The van der Waals surface area contributed by atoms with Gasteiger partial charge in [-0.25, -0.2) is 17.6 Å². The van der Waals surface area contributed by atoms with Gasteiger partial charge in [-0.15, -0.1) is 0 Å². The maximum absolute atomic E-state index is 13.5. The smallest absolute Gasteiger partial charge is 0.409 e. The van der Waals surface area contributed by atoms with E-state index in [9.17, 15) is 26.0 Å². The van der Waals surface area contributed by atoms with Crippen molar-refractivity contribution in [2.24, 2.45) is 0 Å². The molecule has 1 heterocycles. The minimum absolute atomic E-state index is 0.0627. The fraction of sp³-hybridized carbons (Fsp3) is 0.409. The van der Waals surface area contributed by atoms with Crippen LogP contribution in [-0.4, -0.2) is 64.6 Å². The van der Waals surface area contributed by atoms with E-state index in [1.54, 1.807) is 0 Å². The summed E-state index contributed by atoms with van der Waals surface area (Å²) >= 11 is 0. The Morgan fingerprint density at radius 3 is 2.44 bits per heavy atom. The van der Waals surface area contributed by atoms with Crippen LogP contribution < -0.4 is 19.1 Å². The normalized spacial score (nSPS) is 18.6. The third-order valence-corrected chi connectivity index (χ3v) is 9.64. The maximum Gasteiger partial charge on any atom is 0.409 e. The van der Waals surface area contributed by atoms with E-state index in [2.05, 4.69) is 10.0 Å². The molecule has 2 aliphatic rings. The van der Waals surface area contributed by atoms with Crippen LogP contribution in [-0.2, 0) is 20.2 Å². The summed E-state index contributed by atoms with van der Waals surface area (Å²) in [5.74, 6) is -0.487. The summed E-state index contributed by atoms with van der Waals surface area (Å²) in [6.07, 6.45) is 1.25.